The Balaban J connectivity index is 1.23. The van der Waals surface area contributed by atoms with E-state index in [9.17, 15) is 19.7 Å². The average molecular weight is 600 g/mol. The summed E-state index contributed by atoms with van der Waals surface area (Å²) in [7, 11) is -6.92. The van der Waals surface area contributed by atoms with Gasteiger partial charge in [0.15, 0.2) is 31.6 Å². The number of aryl methyl sites for hydroxylation is 1. The third-order valence-electron chi connectivity index (χ3n) is 7.80. The third kappa shape index (κ3) is 5.10. The molecule has 1 aromatic carbocycles. The smallest absolute Gasteiger partial charge is 0.334 e. The highest BCUT2D eigenvalue weighted by molar-refractivity contribution is 7.67. The molecule has 1 spiro atoms. The summed E-state index contributed by atoms with van der Waals surface area (Å²) in [5.41, 5.74) is 3.60. The van der Waals surface area contributed by atoms with Crippen LogP contribution in [-0.2, 0) is 25.7 Å². The van der Waals surface area contributed by atoms with E-state index >= 15 is 0 Å². The summed E-state index contributed by atoms with van der Waals surface area (Å²) < 4.78 is 23.5. The number of rotatable bonds is 7. The summed E-state index contributed by atoms with van der Waals surface area (Å²) >= 11 is 6.35. The first-order chi connectivity index (χ1) is 18.5. The SMILES string of the molecule is O=P(O)(O)CP(O)OCC1OC(n2cnc3c(N4CCC5(CCc6ccccc65)C4)nc(Cl)nc32)C(O)C1O. The highest BCUT2D eigenvalue weighted by atomic mass is 35.5. The first-order valence-corrected chi connectivity index (χ1v) is 16.0. The first kappa shape index (κ1) is 27.4. The molecule has 210 valence electrons. The van der Waals surface area contributed by atoms with E-state index < -0.39 is 46.4 Å². The zero-order valence-corrected chi connectivity index (χ0v) is 23.2. The van der Waals surface area contributed by atoms with Crippen LogP contribution in [0.5, 0.6) is 0 Å². The molecule has 13 nitrogen and oxygen atoms in total. The minimum atomic E-state index is -4.48. The number of nitrogens with zero attached hydrogens (tertiary/aromatic N) is 5. The second-order valence-corrected chi connectivity index (χ2v) is 14.0. The Hall–Kier alpha value is -1.76. The minimum absolute atomic E-state index is 0.00306. The number of benzene rings is 1. The lowest BCUT2D eigenvalue weighted by molar-refractivity contribution is -0.0472. The second-order valence-electron chi connectivity index (χ2n) is 10.2. The molecule has 2 fully saturated rings. The van der Waals surface area contributed by atoms with Crippen molar-refractivity contribution in [3.63, 3.8) is 0 Å². The molecule has 0 bridgehead atoms. The fourth-order valence-electron chi connectivity index (χ4n) is 5.98. The van der Waals surface area contributed by atoms with Crippen LogP contribution in [0.3, 0.4) is 0 Å². The third-order valence-corrected chi connectivity index (χ3v) is 10.9. The zero-order chi connectivity index (χ0) is 27.5. The Morgan fingerprint density at radius 3 is 2.79 bits per heavy atom. The molecule has 5 N–H and O–H groups in total. The molecule has 2 saturated heterocycles. The van der Waals surface area contributed by atoms with Gasteiger partial charge in [-0.25, -0.2) is 4.98 Å². The largest absolute Gasteiger partial charge is 0.387 e. The Kier molecular flexibility index (Phi) is 7.21. The molecule has 6 unspecified atom stereocenters. The summed E-state index contributed by atoms with van der Waals surface area (Å²) in [6, 6.07) is 8.55. The van der Waals surface area contributed by atoms with Crippen molar-refractivity contribution in [1.82, 2.24) is 19.5 Å². The van der Waals surface area contributed by atoms with Crippen molar-refractivity contribution in [3.05, 3.63) is 47.0 Å². The number of hydrogen-bond acceptors (Lipinski definition) is 10. The van der Waals surface area contributed by atoms with Gasteiger partial charge >= 0.3 is 7.60 Å². The highest BCUT2D eigenvalue weighted by Gasteiger charge is 2.47. The molecule has 0 saturated carbocycles. The molecular formula is C23H28ClN5O8P2. The molecule has 3 aliphatic rings. The number of imidazole rings is 1. The number of anilines is 1. The summed E-state index contributed by atoms with van der Waals surface area (Å²) in [6.07, 6.45) is -0.459. The molecule has 4 heterocycles. The van der Waals surface area contributed by atoms with Crippen LogP contribution in [0.4, 0.5) is 5.82 Å². The molecular weight excluding hydrogens is 572 g/mol. The van der Waals surface area contributed by atoms with Crippen molar-refractivity contribution < 1.29 is 38.7 Å². The molecule has 6 rings (SSSR count). The van der Waals surface area contributed by atoms with E-state index in [0.717, 1.165) is 32.4 Å². The lowest BCUT2D eigenvalue weighted by Crippen LogP contribution is -2.33. The van der Waals surface area contributed by atoms with Crippen LogP contribution < -0.4 is 4.90 Å². The fourth-order valence-corrected chi connectivity index (χ4v) is 8.04. The molecule has 39 heavy (non-hydrogen) atoms. The van der Waals surface area contributed by atoms with Gasteiger partial charge in [0.25, 0.3) is 0 Å². The van der Waals surface area contributed by atoms with Gasteiger partial charge in [0.05, 0.1) is 12.9 Å². The molecule has 0 radical (unpaired) electrons. The van der Waals surface area contributed by atoms with Gasteiger partial charge in [-0.05, 0) is 42.0 Å². The Labute approximate surface area is 229 Å². The molecule has 2 aliphatic heterocycles. The predicted octanol–water partition coefficient (Wildman–Crippen LogP) is 1.65. The molecule has 1 aliphatic carbocycles. The minimum Gasteiger partial charge on any atom is -0.387 e. The van der Waals surface area contributed by atoms with Gasteiger partial charge in [-0.2, -0.15) is 9.97 Å². The summed E-state index contributed by atoms with van der Waals surface area (Å²) in [4.78, 5) is 43.3. The van der Waals surface area contributed by atoms with Gasteiger partial charge < -0.3 is 39.1 Å². The van der Waals surface area contributed by atoms with Crippen molar-refractivity contribution in [1.29, 1.82) is 0 Å². The number of fused-ring (bicyclic) bond motifs is 3. The maximum absolute atomic E-state index is 11.1. The van der Waals surface area contributed by atoms with Crippen molar-refractivity contribution in [3.8, 4) is 0 Å². The van der Waals surface area contributed by atoms with Crippen LogP contribution in [-0.4, -0.2) is 88.3 Å². The first-order valence-electron chi connectivity index (χ1n) is 12.4. The monoisotopic (exact) mass is 599 g/mol. The van der Waals surface area contributed by atoms with Crippen LogP contribution in [0, 0.1) is 0 Å². The summed E-state index contributed by atoms with van der Waals surface area (Å²) in [6.45, 7) is 1.14. The van der Waals surface area contributed by atoms with Gasteiger partial charge in [-0.15, -0.1) is 0 Å². The Morgan fingerprint density at radius 1 is 1.21 bits per heavy atom. The van der Waals surface area contributed by atoms with E-state index in [1.165, 1.54) is 22.0 Å². The molecule has 16 heteroatoms. The van der Waals surface area contributed by atoms with Crippen LogP contribution in [0.2, 0.25) is 5.28 Å². The number of aromatic nitrogens is 4. The van der Waals surface area contributed by atoms with Crippen LogP contribution in [0.15, 0.2) is 30.6 Å². The van der Waals surface area contributed by atoms with Gasteiger partial charge in [0, 0.05) is 18.5 Å². The van der Waals surface area contributed by atoms with E-state index in [1.807, 2.05) is 0 Å². The molecule has 6 atom stereocenters. The topological polar surface area (TPSA) is 184 Å². The molecule has 2 aromatic heterocycles. The number of aliphatic hydroxyl groups is 2. The lowest BCUT2D eigenvalue weighted by Gasteiger charge is -2.26. The standard InChI is InChI=1S/C23H28ClN5O8P2/c24-22-26-19(28-8-7-23(10-28)6-5-13-3-1-2-4-14(13)23)16-20(27-22)29(11-25-16)21-18(31)17(30)15(37-21)9-36-38(32)12-39(33,34)35/h1-4,11,15,17-18,21,30-32H,5-10,12H2,(H2,33,34,35). The van der Waals surface area contributed by atoms with Crippen molar-refractivity contribution in [2.24, 2.45) is 0 Å². The Bertz CT molecular complexity index is 1440. The van der Waals surface area contributed by atoms with Gasteiger partial charge in [0.2, 0.25) is 5.28 Å². The fraction of sp³-hybridized carbons (Fsp3) is 0.522. The number of hydrogen-bond donors (Lipinski definition) is 5. The van der Waals surface area contributed by atoms with Crippen molar-refractivity contribution in [2.75, 3.05) is 30.5 Å². The average Bonchev–Trinajstić information content (AvgIpc) is 3.65. The van der Waals surface area contributed by atoms with Crippen LogP contribution in [0.1, 0.15) is 30.2 Å². The van der Waals surface area contributed by atoms with E-state index in [0.29, 0.717) is 17.0 Å². The molecule has 3 aromatic rings. The van der Waals surface area contributed by atoms with Gasteiger partial charge in [0.1, 0.15) is 24.2 Å². The highest BCUT2D eigenvalue weighted by Crippen LogP contribution is 2.50. The van der Waals surface area contributed by atoms with Gasteiger partial charge in [-0.1, -0.05) is 24.3 Å². The normalized spacial score (nSPS) is 29.5. The van der Waals surface area contributed by atoms with E-state index in [-0.39, 0.29) is 17.3 Å². The zero-order valence-electron chi connectivity index (χ0n) is 20.6. The van der Waals surface area contributed by atoms with E-state index in [4.69, 9.17) is 30.6 Å². The quantitative estimate of drug-likeness (QED) is 0.196. The summed E-state index contributed by atoms with van der Waals surface area (Å²) in [5, 5.41) is 21.3. The van der Waals surface area contributed by atoms with Gasteiger partial charge in [-0.3, -0.25) is 9.13 Å². The maximum atomic E-state index is 11.1. The van der Waals surface area contributed by atoms with Crippen LogP contribution >= 0.6 is 27.6 Å². The predicted molar refractivity (Wildman–Crippen MR) is 142 cm³/mol. The lowest BCUT2D eigenvalue weighted by atomic mass is 9.81. The number of halogens is 1. The van der Waals surface area contributed by atoms with Crippen molar-refractivity contribution in [2.45, 2.75) is 49.2 Å². The molecule has 0 amide bonds. The van der Waals surface area contributed by atoms with Crippen LogP contribution in [0.25, 0.3) is 11.2 Å². The van der Waals surface area contributed by atoms with E-state index in [2.05, 4.69) is 44.1 Å². The second kappa shape index (κ2) is 10.3. The number of aliphatic hydroxyl groups excluding tert-OH is 2. The maximum Gasteiger partial charge on any atom is 0.334 e. The number of ether oxygens (including phenoxy) is 1. The summed E-state index contributed by atoms with van der Waals surface area (Å²) in [5.74, 6) is -0.258. The van der Waals surface area contributed by atoms with E-state index in [1.54, 1.807) is 0 Å². The Morgan fingerprint density at radius 2 is 2.00 bits per heavy atom. The van der Waals surface area contributed by atoms with Crippen molar-refractivity contribution >= 4 is 44.6 Å².